The smallest absolute Gasteiger partial charge is 0.408 e. The fraction of sp³-hybridized carbons (Fsp3) is 0.481. The molecule has 242 valence electrons. The van der Waals surface area contributed by atoms with Crippen LogP contribution in [0.15, 0.2) is 30.3 Å². The van der Waals surface area contributed by atoms with E-state index in [1.807, 2.05) is 0 Å². The minimum atomic E-state index is -1.74. The molecule has 0 aliphatic rings. The van der Waals surface area contributed by atoms with Crippen molar-refractivity contribution >= 4 is 59.1 Å². The van der Waals surface area contributed by atoms with Gasteiger partial charge in [0.15, 0.2) is 5.78 Å². The number of benzene rings is 1. The van der Waals surface area contributed by atoms with E-state index in [1.54, 1.807) is 30.3 Å². The zero-order chi connectivity index (χ0) is 33.4. The van der Waals surface area contributed by atoms with Crippen LogP contribution in [0.5, 0.6) is 0 Å². The Morgan fingerprint density at radius 3 is 1.80 bits per heavy atom. The van der Waals surface area contributed by atoms with Crippen LogP contribution in [0, 0.1) is 5.92 Å². The first-order valence-electron chi connectivity index (χ1n) is 13.3. The van der Waals surface area contributed by atoms with E-state index in [-0.39, 0.29) is 6.61 Å². The van der Waals surface area contributed by atoms with E-state index in [2.05, 4.69) is 21.3 Å². The largest absolute Gasteiger partial charge is 0.481 e. The summed E-state index contributed by atoms with van der Waals surface area (Å²) in [6.45, 7) is 2.83. The number of ether oxygens (including phenoxy) is 1. The summed E-state index contributed by atoms with van der Waals surface area (Å²) in [6, 6.07) is 2.21. The van der Waals surface area contributed by atoms with E-state index in [9.17, 15) is 43.5 Å². The highest BCUT2D eigenvalue weighted by atomic mass is 35.5. The molecule has 0 radical (unpaired) electrons. The number of carboxylic acid groups (broad SMARTS) is 3. The number of carbonyl (C=O) groups is 8. The Labute approximate surface area is 256 Å². The molecule has 0 bridgehead atoms. The fourth-order valence-electron chi connectivity index (χ4n) is 3.66. The lowest BCUT2D eigenvalue weighted by Gasteiger charge is -2.27. The van der Waals surface area contributed by atoms with Crippen LogP contribution in [-0.2, 0) is 44.9 Å². The Morgan fingerprint density at radius 1 is 0.727 bits per heavy atom. The van der Waals surface area contributed by atoms with Crippen LogP contribution < -0.4 is 21.3 Å². The molecule has 0 spiro atoms. The van der Waals surface area contributed by atoms with Gasteiger partial charge in [-0.1, -0.05) is 44.2 Å². The Kier molecular flexibility index (Phi) is 15.9. The van der Waals surface area contributed by atoms with Gasteiger partial charge in [0.1, 0.15) is 24.7 Å². The quantitative estimate of drug-likeness (QED) is 0.0985. The molecule has 0 unspecified atom stereocenters. The van der Waals surface area contributed by atoms with Gasteiger partial charge in [0.05, 0.1) is 24.8 Å². The molecule has 7 N–H and O–H groups in total. The van der Waals surface area contributed by atoms with Gasteiger partial charge in [-0.3, -0.25) is 33.6 Å². The van der Waals surface area contributed by atoms with E-state index in [0.717, 1.165) is 0 Å². The average molecular weight is 643 g/mol. The molecule has 0 aliphatic heterocycles. The van der Waals surface area contributed by atoms with E-state index in [0.29, 0.717) is 5.56 Å². The lowest BCUT2D eigenvalue weighted by atomic mass is 10.0. The van der Waals surface area contributed by atoms with Gasteiger partial charge in [0.2, 0.25) is 17.7 Å². The molecule has 1 aromatic carbocycles. The number of Topliss-reactive ketones (excluding diaryl/α,β-unsaturated/α-hetero) is 1. The van der Waals surface area contributed by atoms with Crippen molar-refractivity contribution in [2.45, 2.75) is 70.3 Å². The van der Waals surface area contributed by atoms with Crippen molar-refractivity contribution in [3.05, 3.63) is 35.9 Å². The highest BCUT2D eigenvalue weighted by Crippen LogP contribution is 2.08. The summed E-state index contributed by atoms with van der Waals surface area (Å²) in [4.78, 5) is 97.2. The number of alkyl halides is 1. The molecule has 4 amide bonds. The van der Waals surface area contributed by atoms with Crippen molar-refractivity contribution in [3.8, 4) is 0 Å². The van der Waals surface area contributed by atoms with Crippen LogP contribution in [0.3, 0.4) is 0 Å². The van der Waals surface area contributed by atoms with Crippen molar-refractivity contribution < 1.29 is 58.4 Å². The highest BCUT2D eigenvalue weighted by Gasteiger charge is 2.34. The summed E-state index contributed by atoms with van der Waals surface area (Å²) in [6.07, 6.45) is -3.96. The lowest BCUT2D eigenvalue weighted by molar-refractivity contribution is -0.141. The first-order valence-corrected chi connectivity index (χ1v) is 13.8. The number of hydrogen-bond acceptors (Lipinski definition) is 9. The normalized spacial score (nSPS) is 13.4. The number of rotatable bonds is 19. The van der Waals surface area contributed by atoms with Gasteiger partial charge in [-0.2, -0.15) is 0 Å². The predicted octanol–water partition coefficient (Wildman–Crippen LogP) is 0.0139. The van der Waals surface area contributed by atoms with Crippen LogP contribution in [0.1, 0.15) is 45.1 Å². The topological polar surface area (TPSA) is 255 Å². The number of ketones is 1. The highest BCUT2D eigenvalue weighted by molar-refractivity contribution is 6.28. The van der Waals surface area contributed by atoms with Gasteiger partial charge in [-0.25, -0.2) is 4.79 Å². The van der Waals surface area contributed by atoms with Crippen molar-refractivity contribution in [1.29, 1.82) is 0 Å². The third kappa shape index (κ3) is 14.0. The van der Waals surface area contributed by atoms with Crippen LogP contribution in [0.2, 0.25) is 0 Å². The maximum Gasteiger partial charge on any atom is 0.408 e. The molecule has 0 aromatic heterocycles. The monoisotopic (exact) mass is 642 g/mol. The van der Waals surface area contributed by atoms with E-state index in [4.69, 9.17) is 26.6 Å². The third-order valence-electron chi connectivity index (χ3n) is 5.94. The number of aliphatic carboxylic acids is 3. The molecule has 0 saturated heterocycles. The van der Waals surface area contributed by atoms with Gasteiger partial charge in [0, 0.05) is 6.42 Å². The number of halogens is 1. The second-order valence-electron chi connectivity index (χ2n) is 9.84. The summed E-state index contributed by atoms with van der Waals surface area (Å²) in [5, 5.41) is 36.3. The summed E-state index contributed by atoms with van der Waals surface area (Å²) >= 11 is 5.50. The Bertz CT molecular complexity index is 1210. The van der Waals surface area contributed by atoms with Crippen LogP contribution >= 0.6 is 11.6 Å². The van der Waals surface area contributed by atoms with Gasteiger partial charge >= 0.3 is 24.0 Å². The molecule has 44 heavy (non-hydrogen) atoms. The molecule has 0 fully saturated rings. The average Bonchev–Trinajstić information content (AvgIpc) is 2.95. The number of hydrogen-bond donors (Lipinski definition) is 7. The summed E-state index contributed by atoms with van der Waals surface area (Å²) < 4.78 is 5.01. The molecule has 0 aliphatic carbocycles. The van der Waals surface area contributed by atoms with Crippen molar-refractivity contribution in [3.63, 3.8) is 0 Å². The summed E-state index contributed by atoms with van der Waals surface area (Å²) in [7, 11) is 0. The number of carbonyl (C=O) groups excluding carboxylic acids is 5. The number of alkyl carbamates (subject to hydrolysis) is 1. The molecule has 0 heterocycles. The molecule has 16 nitrogen and oxygen atoms in total. The second-order valence-corrected chi connectivity index (χ2v) is 10.1. The zero-order valence-electron chi connectivity index (χ0n) is 23.9. The Hall–Kier alpha value is -4.73. The zero-order valence-corrected chi connectivity index (χ0v) is 24.7. The van der Waals surface area contributed by atoms with E-state index >= 15 is 0 Å². The minimum absolute atomic E-state index is 0.194. The van der Waals surface area contributed by atoms with Gasteiger partial charge in [0.25, 0.3) is 0 Å². The lowest BCUT2D eigenvalue weighted by Crippen LogP contribution is -2.59. The van der Waals surface area contributed by atoms with Crippen LogP contribution in [0.25, 0.3) is 0 Å². The number of nitrogens with one attached hydrogen (secondary N) is 4. The number of amides is 4. The standard InChI is InChI=1S/C27H35ClN4O12/c1-14(2)23(26(42)30-17(10-21(36)37)19(33)12-28)32-24(40)16(8-9-20(34)35)29-25(41)18(11-22(38)39)31-27(43)44-13-15-6-4-3-5-7-15/h3-7,14,16-18,23H,8-13H2,1-2H3,(H,29,41)(H,30,42)(H,31,43)(H,32,40)(H,34,35)(H,36,37)(H,38,39)/t16-,17+,18-,23-/m0/s1. The van der Waals surface area contributed by atoms with Gasteiger partial charge < -0.3 is 41.3 Å². The van der Waals surface area contributed by atoms with Crippen molar-refractivity contribution in [2.75, 3.05) is 5.88 Å². The van der Waals surface area contributed by atoms with Crippen LogP contribution in [-0.4, -0.2) is 92.9 Å². The van der Waals surface area contributed by atoms with Crippen LogP contribution in [0.4, 0.5) is 4.79 Å². The van der Waals surface area contributed by atoms with Crippen molar-refractivity contribution in [2.24, 2.45) is 5.92 Å². The molecular formula is C27H35ClN4O12. The first-order chi connectivity index (χ1) is 20.6. The van der Waals surface area contributed by atoms with Gasteiger partial charge in [-0.15, -0.1) is 11.6 Å². The molecule has 0 saturated carbocycles. The van der Waals surface area contributed by atoms with E-state index < -0.39 is 109 Å². The molecule has 17 heteroatoms. The first kappa shape index (κ1) is 37.3. The summed E-state index contributed by atoms with van der Waals surface area (Å²) in [5.74, 6) is -9.41. The Morgan fingerprint density at radius 2 is 1.27 bits per heavy atom. The molecular weight excluding hydrogens is 608 g/mol. The maximum atomic E-state index is 13.2. The molecule has 1 aromatic rings. The van der Waals surface area contributed by atoms with Gasteiger partial charge in [-0.05, 0) is 17.9 Å². The maximum absolute atomic E-state index is 13.2. The minimum Gasteiger partial charge on any atom is -0.481 e. The van der Waals surface area contributed by atoms with Crippen molar-refractivity contribution in [1.82, 2.24) is 21.3 Å². The molecule has 1 rings (SSSR count). The third-order valence-corrected chi connectivity index (χ3v) is 6.21. The second kappa shape index (κ2) is 18.7. The summed E-state index contributed by atoms with van der Waals surface area (Å²) in [5.41, 5.74) is 0.609. The molecule has 4 atom stereocenters. The predicted molar refractivity (Wildman–Crippen MR) is 151 cm³/mol. The SMILES string of the molecule is CC(C)[C@H](NC(=O)[C@H](CCC(=O)O)NC(=O)[C@H](CC(=O)O)NC(=O)OCc1ccccc1)C(=O)N[C@H](CC(=O)O)C(=O)CCl. The fourth-order valence-corrected chi connectivity index (χ4v) is 3.85. The van der Waals surface area contributed by atoms with E-state index in [1.165, 1.54) is 13.8 Å². The number of carboxylic acids is 3. The Balaban J connectivity index is 3.08.